The number of sulfonamides is 1. The van der Waals surface area contributed by atoms with E-state index in [0.29, 0.717) is 6.42 Å². The normalized spacial score (nSPS) is 19.9. The maximum Gasteiger partial charge on any atom is 0.240 e. The van der Waals surface area contributed by atoms with Crippen LogP contribution in [0.5, 0.6) is 5.75 Å². The molecule has 0 saturated carbocycles. The Morgan fingerprint density at radius 3 is 2.43 bits per heavy atom. The average Bonchev–Trinajstić information content (AvgIpc) is 2.66. The Labute approximate surface area is 167 Å². The predicted molar refractivity (Wildman–Crippen MR) is 110 cm³/mol. The SMILES string of the molecule is COc1ccc2c(c1)CCCC2(O)CNS(=O)(=O)c1ccc(C(C)(C)C)cc1. The molecule has 2 aromatic rings. The predicted octanol–water partition coefficient (Wildman–Crippen LogP) is 3.50. The van der Waals surface area contributed by atoms with Crippen LogP contribution in [0.3, 0.4) is 0 Å². The number of fused-ring (bicyclic) bond motifs is 1. The van der Waals surface area contributed by atoms with Gasteiger partial charge in [0, 0.05) is 6.54 Å². The molecule has 6 heteroatoms. The van der Waals surface area contributed by atoms with E-state index in [-0.39, 0.29) is 16.9 Å². The summed E-state index contributed by atoms with van der Waals surface area (Å²) in [6.45, 7) is 6.19. The van der Waals surface area contributed by atoms with Gasteiger partial charge in [-0.2, -0.15) is 0 Å². The molecule has 3 rings (SSSR count). The standard InChI is InChI=1S/C22H29NO4S/c1-21(2,3)17-7-10-19(11-8-17)28(25,26)23-15-22(24)13-5-6-16-14-18(27-4)9-12-20(16)22/h7-12,14,23-24H,5-6,13,15H2,1-4H3. The molecule has 0 amide bonds. The summed E-state index contributed by atoms with van der Waals surface area (Å²) >= 11 is 0. The molecule has 0 spiro atoms. The van der Waals surface area contributed by atoms with Crippen molar-refractivity contribution in [2.24, 2.45) is 0 Å². The Morgan fingerprint density at radius 2 is 1.82 bits per heavy atom. The molecule has 0 aromatic heterocycles. The number of hydrogen-bond acceptors (Lipinski definition) is 4. The molecule has 2 aromatic carbocycles. The first kappa shape index (κ1) is 20.8. The van der Waals surface area contributed by atoms with Gasteiger partial charge in [0.1, 0.15) is 11.4 Å². The fourth-order valence-electron chi connectivity index (χ4n) is 3.68. The molecule has 0 heterocycles. The van der Waals surface area contributed by atoms with Crippen LogP contribution in [0.1, 0.15) is 50.3 Å². The number of aryl methyl sites for hydroxylation is 1. The topological polar surface area (TPSA) is 75.6 Å². The molecule has 28 heavy (non-hydrogen) atoms. The van der Waals surface area contributed by atoms with Gasteiger partial charge in [-0.05, 0) is 65.6 Å². The molecule has 0 fully saturated rings. The molecule has 0 radical (unpaired) electrons. The first-order chi connectivity index (χ1) is 13.0. The molecule has 0 bridgehead atoms. The van der Waals surface area contributed by atoms with Crippen LogP contribution in [0.15, 0.2) is 47.4 Å². The van der Waals surface area contributed by atoms with E-state index >= 15 is 0 Å². The van der Waals surface area contributed by atoms with E-state index < -0.39 is 15.6 Å². The van der Waals surface area contributed by atoms with E-state index in [1.54, 1.807) is 25.3 Å². The van der Waals surface area contributed by atoms with Gasteiger partial charge < -0.3 is 9.84 Å². The highest BCUT2D eigenvalue weighted by Crippen LogP contribution is 2.37. The monoisotopic (exact) mass is 403 g/mol. The molecular weight excluding hydrogens is 374 g/mol. The van der Waals surface area contributed by atoms with Crippen LogP contribution in [-0.2, 0) is 27.5 Å². The summed E-state index contributed by atoms with van der Waals surface area (Å²) in [7, 11) is -2.10. The highest BCUT2D eigenvalue weighted by atomic mass is 32.2. The van der Waals surface area contributed by atoms with Crippen molar-refractivity contribution in [1.29, 1.82) is 0 Å². The lowest BCUT2D eigenvalue weighted by Gasteiger charge is -2.34. The summed E-state index contributed by atoms with van der Waals surface area (Å²) in [5.74, 6) is 0.738. The maximum atomic E-state index is 12.7. The highest BCUT2D eigenvalue weighted by molar-refractivity contribution is 7.89. The Kier molecular flexibility index (Phi) is 5.58. The lowest BCUT2D eigenvalue weighted by molar-refractivity contribution is 0.0242. The van der Waals surface area contributed by atoms with Gasteiger partial charge in [-0.3, -0.25) is 0 Å². The van der Waals surface area contributed by atoms with Crippen LogP contribution in [0.2, 0.25) is 0 Å². The molecule has 0 aliphatic heterocycles. The summed E-state index contributed by atoms with van der Waals surface area (Å²) < 4.78 is 33.4. The van der Waals surface area contributed by atoms with Crippen LogP contribution in [0.25, 0.3) is 0 Å². The van der Waals surface area contributed by atoms with Crippen molar-refractivity contribution in [1.82, 2.24) is 4.72 Å². The number of hydrogen-bond donors (Lipinski definition) is 2. The minimum Gasteiger partial charge on any atom is -0.497 e. The first-order valence-corrected chi connectivity index (χ1v) is 11.0. The zero-order valence-electron chi connectivity index (χ0n) is 17.0. The van der Waals surface area contributed by atoms with Crippen molar-refractivity contribution in [3.8, 4) is 5.75 Å². The maximum absolute atomic E-state index is 12.7. The zero-order valence-corrected chi connectivity index (χ0v) is 17.8. The number of aliphatic hydroxyl groups is 1. The minimum absolute atomic E-state index is 0.0439. The molecule has 5 nitrogen and oxygen atoms in total. The summed E-state index contributed by atoms with van der Waals surface area (Å²) in [4.78, 5) is 0.204. The summed E-state index contributed by atoms with van der Waals surface area (Å²) in [5.41, 5.74) is 1.57. The number of benzene rings is 2. The van der Waals surface area contributed by atoms with Gasteiger partial charge in [0.2, 0.25) is 10.0 Å². The first-order valence-electron chi connectivity index (χ1n) is 9.55. The summed E-state index contributed by atoms with van der Waals surface area (Å²) in [6, 6.07) is 12.5. The second-order valence-corrected chi connectivity index (χ2v) is 10.3. The molecule has 0 saturated heterocycles. The van der Waals surface area contributed by atoms with Crippen LogP contribution in [0, 0.1) is 0 Å². The molecule has 1 atom stereocenters. The highest BCUT2D eigenvalue weighted by Gasteiger charge is 2.35. The average molecular weight is 404 g/mol. The van der Waals surface area contributed by atoms with E-state index in [2.05, 4.69) is 25.5 Å². The number of methoxy groups -OCH3 is 1. The Morgan fingerprint density at radius 1 is 1.14 bits per heavy atom. The smallest absolute Gasteiger partial charge is 0.240 e. The zero-order chi connectivity index (χ0) is 20.6. The van der Waals surface area contributed by atoms with Crippen molar-refractivity contribution >= 4 is 10.0 Å². The summed E-state index contributed by atoms with van der Waals surface area (Å²) in [5, 5.41) is 11.2. The lowest BCUT2D eigenvalue weighted by atomic mass is 9.79. The van der Waals surface area contributed by atoms with E-state index in [4.69, 9.17) is 4.74 Å². The van der Waals surface area contributed by atoms with Crippen LogP contribution in [-0.4, -0.2) is 27.2 Å². The van der Waals surface area contributed by atoms with E-state index in [0.717, 1.165) is 35.3 Å². The third-order valence-corrected chi connectivity index (χ3v) is 6.85. The Balaban J connectivity index is 1.80. The van der Waals surface area contributed by atoms with Gasteiger partial charge in [-0.1, -0.05) is 39.0 Å². The molecule has 152 valence electrons. The summed E-state index contributed by atoms with van der Waals surface area (Å²) in [6.07, 6.45) is 2.15. The van der Waals surface area contributed by atoms with Crippen molar-refractivity contribution < 1.29 is 18.3 Å². The molecular formula is C22H29NO4S. The van der Waals surface area contributed by atoms with Gasteiger partial charge in [0.05, 0.1) is 12.0 Å². The van der Waals surface area contributed by atoms with Crippen LogP contribution >= 0.6 is 0 Å². The van der Waals surface area contributed by atoms with E-state index in [9.17, 15) is 13.5 Å². The van der Waals surface area contributed by atoms with Crippen LogP contribution < -0.4 is 9.46 Å². The van der Waals surface area contributed by atoms with Crippen molar-refractivity contribution in [2.45, 2.75) is 55.9 Å². The van der Waals surface area contributed by atoms with E-state index in [1.165, 1.54) is 0 Å². The minimum atomic E-state index is -3.71. The van der Waals surface area contributed by atoms with Gasteiger partial charge in [-0.15, -0.1) is 0 Å². The Hall–Kier alpha value is -1.89. The van der Waals surface area contributed by atoms with Gasteiger partial charge >= 0.3 is 0 Å². The fourth-order valence-corrected chi connectivity index (χ4v) is 4.77. The fraction of sp³-hybridized carbons (Fsp3) is 0.455. The molecule has 1 unspecified atom stereocenters. The van der Waals surface area contributed by atoms with Crippen LogP contribution in [0.4, 0.5) is 0 Å². The largest absolute Gasteiger partial charge is 0.497 e. The second kappa shape index (κ2) is 7.50. The van der Waals surface area contributed by atoms with E-state index in [1.807, 2.05) is 24.3 Å². The number of rotatable bonds is 5. The van der Waals surface area contributed by atoms with Crippen molar-refractivity contribution in [3.63, 3.8) is 0 Å². The quantitative estimate of drug-likeness (QED) is 0.801. The van der Waals surface area contributed by atoms with Gasteiger partial charge in [-0.25, -0.2) is 13.1 Å². The lowest BCUT2D eigenvalue weighted by Crippen LogP contribution is -2.42. The molecule has 1 aliphatic rings. The second-order valence-electron chi connectivity index (χ2n) is 8.51. The number of ether oxygens (including phenoxy) is 1. The Bertz CT molecular complexity index is 945. The number of nitrogens with one attached hydrogen (secondary N) is 1. The third kappa shape index (κ3) is 4.24. The third-order valence-electron chi connectivity index (χ3n) is 5.44. The van der Waals surface area contributed by atoms with Crippen molar-refractivity contribution in [2.75, 3.05) is 13.7 Å². The molecule has 1 aliphatic carbocycles. The molecule has 2 N–H and O–H groups in total. The van der Waals surface area contributed by atoms with Crippen molar-refractivity contribution in [3.05, 3.63) is 59.2 Å². The van der Waals surface area contributed by atoms with Gasteiger partial charge in [0.15, 0.2) is 0 Å². The van der Waals surface area contributed by atoms with Gasteiger partial charge in [0.25, 0.3) is 0 Å².